The second-order valence-corrected chi connectivity index (χ2v) is 6.95. The molecular weight excluding hydrogens is 354 g/mol. The third-order valence-corrected chi connectivity index (χ3v) is 4.91. The largest absolute Gasteiger partial charge is 0.434 e. The minimum Gasteiger partial charge on any atom is -0.434 e. The summed E-state index contributed by atoms with van der Waals surface area (Å²) in [6, 6.07) is 18.2. The average molecular weight is 380 g/mol. The molecule has 0 aliphatic heterocycles. The topological polar surface area (TPSA) is 9.23 Å². The normalized spacial score (nSPS) is 11.6. The summed E-state index contributed by atoms with van der Waals surface area (Å²) in [4.78, 5) is 0. The molecule has 0 aromatic heterocycles. The van der Waals surface area contributed by atoms with Crippen molar-refractivity contribution >= 4 is 16.8 Å². The summed E-state index contributed by atoms with van der Waals surface area (Å²) in [5.41, 5.74) is 4.19. The number of halogens is 2. The van der Waals surface area contributed by atoms with Crippen molar-refractivity contribution in [3.8, 4) is 16.9 Å². The molecule has 0 aliphatic carbocycles. The molecule has 0 aliphatic rings. The Morgan fingerprint density at radius 2 is 1.68 bits per heavy atom. The summed E-state index contributed by atoms with van der Waals surface area (Å²) >= 11 is 0. The van der Waals surface area contributed by atoms with Crippen LogP contribution in [0.4, 0.5) is 8.78 Å². The molecule has 0 radical (unpaired) electrons. The number of benzene rings is 3. The van der Waals surface area contributed by atoms with Crippen molar-refractivity contribution in [3.05, 3.63) is 71.8 Å². The highest BCUT2D eigenvalue weighted by atomic mass is 19.3. The van der Waals surface area contributed by atoms with E-state index >= 15 is 0 Å². The van der Waals surface area contributed by atoms with Gasteiger partial charge in [-0.3, -0.25) is 0 Å². The van der Waals surface area contributed by atoms with Gasteiger partial charge in [-0.15, -0.1) is 0 Å². The quantitative estimate of drug-likeness (QED) is 0.361. The van der Waals surface area contributed by atoms with Crippen LogP contribution in [0.5, 0.6) is 5.75 Å². The van der Waals surface area contributed by atoms with Gasteiger partial charge in [0.25, 0.3) is 0 Å². The molecule has 0 fully saturated rings. The maximum absolute atomic E-state index is 12.9. The average Bonchev–Trinajstić information content (AvgIpc) is 2.70. The lowest BCUT2D eigenvalue weighted by atomic mass is 9.97. The first kappa shape index (κ1) is 20.1. The Bertz CT molecular complexity index is 943. The first-order chi connectivity index (χ1) is 13.6. The fourth-order valence-corrected chi connectivity index (χ4v) is 3.47. The zero-order valence-corrected chi connectivity index (χ0v) is 16.4. The Morgan fingerprint density at radius 1 is 0.929 bits per heavy atom. The zero-order chi connectivity index (χ0) is 19.9. The monoisotopic (exact) mass is 380 g/mol. The van der Waals surface area contributed by atoms with Gasteiger partial charge in [-0.05, 0) is 47.9 Å². The van der Waals surface area contributed by atoms with Crippen LogP contribution in [-0.2, 0) is 6.42 Å². The van der Waals surface area contributed by atoms with Crippen molar-refractivity contribution in [1.29, 1.82) is 0 Å². The summed E-state index contributed by atoms with van der Waals surface area (Å²) in [6.45, 7) is 1.21. The SMILES string of the molecule is C/C=C/c1ccc2cc(-c3ccc(CCCCC)cc3)ccc2c1OC(F)F. The first-order valence-electron chi connectivity index (χ1n) is 9.86. The Balaban J connectivity index is 1.93. The highest BCUT2D eigenvalue weighted by Gasteiger charge is 2.13. The maximum atomic E-state index is 12.9. The van der Waals surface area contributed by atoms with Crippen molar-refractivity contribution in [3.63, 3.8) is 0 Å². The van der Waals surface area contributed by atoms with Gasteiger partial charge in [-0.1, -0.05) is 80.4 Å². The van der Waals surface area contributed by atoms with Crippen LogP contribution >= 0.6 is 0 Å². The van der Waals surface area contributed by atoms with Crippen molar-refractivity contribution in [2.45, 2.75) is 46.1 Å². The lowest BCUT2D eigenvalue weighted by Crippen LogP contribution is -2.04. The molecule has 3 aromatic rings. The fourth-order valence-electron chi connectivity index (χ4n) is 3.47. The highest BCUT2D eigenvalue weighted by molar-refractivity contribution is 5.94. The zero-order valence-electron chi connectivity index (χ0n) is 16.4. The summed E-state index contributed by atoms with van der Waals surface area (Å²) in [5.74, 6) is 0.225. The molecular formula is C25H26F2O. The number of alkyl halides is 2. The Kier molecular flexibility index (Phi) is 6.80. The molecule has 0 saturated heterocycles. The molecule has 0 saturated carbocycles. The molecule has 3 aromatic carbocycles. The Morgan fingerprint density at radius 3 is 2.36 bits per heavy atom. The molecule has 0 spiro atoms. The third-order valence-electron chi connectivity index (χ3n) is 4.91. The van der Waals surface area contributed by atoms with Gasteiger partial charge in [0, 0.05) is 10.9 Å². The van der Waals surface area contributed by atoms with Crippen LogP contribution in [0.1, 0.15) is 44.2 Å². The number of fused-ring (bicyclic) bond motifs is 1. The van der Waals surface area contributed by atoms with E-state index in [1.54, 1.807) is 6.08 Å². The van der Waals surface area contributed by atoms with E-state index in [4.69, 9.17) is 4.74 Å². The van der Waals surface area contributed by atoms with Crippen LogP contribution in [0, 0.1) is 0 Å². The summed E-state index contributed by atoms with van der Waals surface area (Å²) in [6.07, 6.45) is 8.40. The van der Waals surface area contributed by atoms with Crippen LogP contribution in [0.2, 0.25) is 0 Å². The molecule has 0 heterocycles. The number of rotatable bonds is 8. The van der Waals surface area contributed by atoms with Gasteiger partial charge < -0.3 is 4.74 Å². The molecule has 0 unspecified atom stereocenters. The molecule has 146 valence electrons. The van der Waals surface area contributed by atoms with Crippen LogP contribution in [0.25, 0.3) is 28.0 Å². The van der Waals surface area contributed by atoms with Crippen LogP contribution in [0.15, 0.2) is 60.7 Å². The summed E-state index contributed by atoms with van der Waals surface area (Å²) in [7, 11) is 0. The standard InChI is InChI=1S/C25H26F2O/c1-3-5-6-8-18-9-11-19(12-10-18)21-15-16-23-22(17-21)14-13-20(7-4-2)24(23)28-25(26)27/h4,7,9-17,25H,3,5-6,8H2,1-2H3/b7-4+. The fraction of sp³-hybridized carbons (Fsp3) is 0.280. The van der Waals surface area contributed by atoms with Crippen molar-refractivity contribution < 1.29 is 13.5 Å². The predicted molar refractivity (Wildman–Crippen MR) is 114 cm³/mol. The number of hydrogen-bond acceptors (Lipinski definition) is 1. The molecule has 0 amide bonds. The molecule has 3 rings (SSSR count). The molecule has 0 atom stereocenters. The lowest BCUT2D eigenvalue weighted by Gasteiger charge is -2.13. The minimum absolute atomic E-state index is 0.225. The first-order valence-corrected chi connectivity index (χ1v) is 9.86. The van der Waals surface area contributed by atoms with E-state index in [0.717, 1.165) is 22.9 Å². The second-order valence-electron chi connectivity index (χ2n) is 6.95. The van der Waals surface area contributed by atoms with Crippen LogP contribution in [0.3, 0.4) is 0 Å². The van der Waals surface area contributed by atoms with Gasteiger partial charge in [0.1, 0.15) is 5.75 Å². The highest BCUT2D eigenvalue weighted by Crippen LogP contribution is 2.35. The van der Waals surface area contributed by atoms with Crippen LogP contribution in [-0.4, -0.2) is 6.61 Å². The molecule has 1 nitrogen and oxygen atoms in total. The molecule has 3 heteroatoms. The number of aryl methyl sites for hydroxylation is 1. The van der Waals surface area contributed by atoms with E-state index in [1.807, 2.05) is 43.3 Å². The van der Waals surface area contributed by atoms with E-state index in [-0.39, 0.29) is 5.75 Å². The van der Waals surface area contributed by atoms with Gasteiger partial charge in [-0.2, -0.15) is 8.78 Å². The van der Waals surface area contributed by atoms with Gasteiger partial charge >= 0.3 is 6.61 Å². The van der Waals surface area contributed by atoms with E-state index < -0.39 is 6.61 Å². The second kappa shape index (κ2) is 9.50. The lowest BCUT2D eigenvalue weighted by molar-refractivity contribution is -0.0489. The van der Waals surface area contributed by atoms with Gasteiger partial charge in [0.05, 0.1) is 0 Å². The number of ether oxygens (including phenoxy) is 1. The van der Waals surface area contributed by atoms with E-state index in [1.165, 1.54) is 24.8 Å². The summed E-state index contributed by atoms with van der Waals surface area (Å²) < 4.78 is 30.7. The van der Waals surface area contributed by atoms with Crippen molar-refractivity contribution in [1.82, 2.24) is 0 Å². The van der Waals surface area contributed by atoms with Gasteiger partial charge in [-0.25, -0.2) is 0 Å². The number of unbranched alkanes of at least 4 members (excludes halogenated alkanes) is 2. The molecule has 28 heavy (non-hydrogen) atoms. The van der Waals surface area contributed by atoms with E-state index in [9.17, 15) is 8.78 Å². The molecule has 0 N–H and O–H groups in total. The van der Waals surface area contributed by atoms with E-state index in [0.29, 0.717) is 10.9 Å². The van der Waals surface area contributed by atoms with Gasteiger partial charge in [0.15, 0.2) is 0 Å². The van der Waals surface area contributed by atoms with Crippen molar-refractivity contribution in [2.24, 2.45) is 0 Å². The van der Waals surface area contributed by atoms with E-state index in [2.05, 4.69) is 31.2 Å². The number of allylic oxidation sites excluding steroid dienone is 1. The predicted octanol–water partition coefficient (Wildman–Crippen LogP) is 7.87. The number of hydrogen-bond donors (Lipinski definition) is 0. The van der Waals surface area contributed by atoms with Gasteiger partial charge in [0.2, 0.25) is 0 Å². The minimum atomic E-state index is -2.85. The smallest absolute Gasteiger partial charge is 0.387 e. The Labute approximate surface area is 165 Å². The Hall–Kier alpha value is -2.68. The van der Waals surface area contributed by atoms with Crippen LogP contribution < -0.4 is 4.74 Å². The summed E-state index contributed by atoms with van der Waals surface area (Å²) in [5, 5.41) is 1.57. The third kappa shape index (κ3) is 4.78. The van der Waals surface area contributed by atoms with Crippen molar-refractivity contribution in [2.75, 3.05) is 0 Å². The molecule has 0 bridgehead atoms. The maximum Gasteiger partial charge on any atom is 0.387 e.